The molecule has 0 saturated carbocycles. The van der Waals surface area contributed by atoms with Crippen molar-refractivity contribution in [3.8, 4) is 5.75 Å². The number of hydrogen-bond acceptors (Lipinski definition) is 2. The average molecular weight is 312 g/mol. The standard InChI is InChI=1S/C17H26ClNO2/c1-5-17(6-2,11-18)12-19-16(20)14-7-9-15(10-8-14)21-13(3)4/h7-10,13H,5-6,11-12H2,1-4H3,(H,19,20). The summed E-state index contributed by atoms with van der Waals surface area (Å²) in [4.78, 5) is 12.2. The molecule has 0 saturated heterocycles. The van der Waals surface area contributed by atoms with E-state index < -0.39 is 0 Å². The molecule has 1 N–H and O–H groups in total. The van der Waals surface area contributed by atoms with Gasteiger partial charge in [-0.3, -0.25) is 4.79 Å². The minimum Gasteiger partial charge on any atom is -0.491 e. The third kappa shape index (κ3) is 5.24. The Morgan fingerprint density at radius 2 is 1.81 bits per heavy atom. The van der Waals surface area contributed by atoms with Gasteiger partial charge in [-0.2, -0.15) is 0 Å². The molecular weight excluding hydrogens is 286 g/mol. The Morgan fingerprint density at radius 1 is 1.24 bits per heavy atom. The highest BCUT2D eigenvalue weighted by Crippen LogP contribution is 2.27. The first-order chi connectivity index (χ1) is 9.96. The van der Waals surface area contributed by atoms with Crippen molar-refractivity contribution in [2.75, 3.05) is 12.4 Å². The molecule has 0 spiro atoms. The monoisotopic (exact) mass is 311 g/mol. The fourth-order valence-electron chi connectivity index (χ4n) is 2.06. The van der Waals surface area contributed by atoms with E-state index in [9.17, 15) is 4.79 Å². The highest BCUT2D eigenvalue weighted by Gasteiger charge is 2.25. The largest absolute Gasteiger partial charge is 0.491 e. The van der Waals surface area contributed by atoms with Gasteiger partial charge in [0, 0.05) is 23.4 Å². The first kappa shape index (κ1) is 17.8. The van der Waals surface area contributed by atoms with Crippen molar-refractivity contribution in [3.63, 3.8) is 0 Å². The van der Waals surface area contributed by atoms with Crippen LogP contribution in [0.4, 0.5) is 0 Å². The Morgan fingerprint density at radius 3 is 2.24 bits per heavy atom. The average Bonchev–Trinajstić information content (AvgIpc) is 2.49. The van der Waals surface area contributed by atoms with Crippen LogP contribution in [0.1, 0.15) is 50.9 Å². The van der Waals surface area contributed by atoms with Crippen molar-refractivity contribution < 1.29 is 9.53 Å². The number of halogens is 1. The van der Waals surface area contributed by atoms with Crippen LogP contribution >= 0.6 is 11.6 Å². The molecule has 0 aliphatic heterocycles. The zero-order valence-electron chi connectivity index (χ0n) is 13.4. The number of carbonyl (C=O) groups is 1. The van der Waals surface area contributed by atoms with Crippen molar-refractivity contribution in [1.29, 1.82) is 0 Å². The second-order valence-corrected chi connectivity index (χ2v) is 5.98. The number of ether oxygens (including phenoxy) is 1. The van der Waals surface area contributed by atoms with Crippen LogP contribution in [0, 0.1) is 5.41 Å². The molecule has 118 valence electrons. The summed E-state index contributed by atoms with van der Waals surface area (Å²) < 4.78 is 5.57. The number of benzene rings is 1. The maximum Gasteiger partial charge on any atom is 0.251 e. The number of hydrogen-bond donors (Lipinski definition) is 1. The van der Waals surface area contributed by atoms with E-state index >= 15 is 0 Å². The maximum absolute atomic E-state index is 12.2. The summed E-state index contributed by atoms with van der Waals surface area (Å²) >= 11 is 6.06. The molecule has 0 fully saturated rings. The second kappa shape index (κ2) is 8.28. The van der Waals surface area contributed by atoms with Crippen molar-refractivity contribution in [3.05, 3.63) is 29.8 Å². The van der Waals surface area contributed by atoms with Gasteiger partial charge < -0.3 is 10.1 Å². The van der Waals surface area contributed by atoms with Gasteiger partial charge in [0.05, 0.1) is 6.10 Å². The smallest absolute Gasteiger partial charge is 0.251 e. The van der Waals surface area contributed by atoms with E-state index in [1.54, 1.807) is 12.1 Å². The van der Waals surface area contributed by atoms with Crippen molar-refractivity contribution in [2.24, 2.45) is 5.41 Å². The summed E-state index contributed by atoms with van der Waals surface area (Å²) in [5, 5.41) is 2.99. The van der Waals surface area contributed by atoms with Gasteiger partial charge in [-0.15, -0.1) is 11.6 Å². The molecule has 0 unspecified atom stereocenters. The first-order valence-corrected chi connectivity index (χ1v) is 8.10. The Labute approximate surface area is 133 Å². The highest BCUT2D eigenvalue weighted by atomic mass is 35.5. The fourth-order valence-corrected chi connectivity index (χ4v) is 2.54. The molecule has 1 aromatic carbocycles. The van der Waals surface area contributed by atoms with E-state index in [-0.39, 0.29) is 17.4 Å². The summed E-state index contributed by atoms with van der Waals surface area (Å²) in [5.41, 5.74) is 0.625. The molecule has 4 heteroatoms. The molecule has 1 amide bonds. The lowest BCUT2D eigenvalue weighted by molar-refractivity contribution is 0.0932. The van der Waals surface area contributed by atoms with Crippen LogP contribution in [-0.4, -0.2) is 24.4 Å². The third-order valence-corrected chi connectivity index (χ3v) is 4.46. The van der Waals surface area contributed by atoms with Crippen LogP contribution in [0.25, 0.3) is 0 Å². The molecule has 0 aliphatic rings. The third-order valence-electron chi connectivity index (χ3n) is 3.90. The summed E-state index contributed by atoms with van der Waals surface area (Å²) in [6.45, 7) is 8.77. The van der Waals surface area contributed by atoms with Gasteiger partial charge in [-0.05, 0) is 51.0 Å². The molecule has 21 heavy (non-hydrogen) atoms. The molecular formula is C17H26ClNO2. The normalized spacial score (nSPS) is 11.5. The fraction of sp³-hybridized carbons (Fsp3) is 0.588. The van der Waals surface area contributed by atoms with Crippen LogP contribution in [0.3, 0.4) is 0 Å². The predicted octanol–water partition coefficient (Wildman–Crippen LogP) is 4.25. The zero-order chi connectivity index (χ0) is 15.9. The van der Waals surface area contributed by atoms with E-state index in [1.165, 1.54) is 0 Å². The second-order valence-electron chi connectivity index (χ2n) is 5.71. The van der Waals surface area contributed by atoms with Crippen LogP contribution in [0.5, 0.6) is 5.75 Å². The van der Waals surface area contributed by atoms with Crippen molar-refractivity contribution in [1.82, 2.24) is 5.32 Å². The Kier molecular flexibility index (Phi) is 7.03. The van der Waals surface area contributed by atoms with Crippen LogP contribution < -0.4 is 10.1 Å². The topological polar surface area (TPSA) is 38.3 Å². The zero-order valence-corrected chi connectivity index (χ0v) is 14.2. The summed E-state index contributed by atoms with van der Waals surface area (Å²) in [6, 6.07) is 7.22. The molecule has 1 aromatic rings. The van der Waals surface area contributed by atoms with Gasteiger partial charge in [0.25, 0.3) is 5.91 Å². The summed E-state index contributed by atoms with van der Waals surface area (Å²) in [6.07, 6.45) is 2.03. The highest BCUT2D eigenvalue weighted by molar-refractivity contribution is 6.18. The first-order valence-electron chi connectivity index (χ1n) is 7.57. The van der Waals surface area contributed by atoms with Crippen molar-refractivity contribution >= 4 is 17.5 Å². The Hall–Kier alpha value is -1.22. The molecule has 1 rings (SSSR count). The van der Waals surface area contributed by atoms with E-state index in [2.05, 4.69) is 19.2 Å². The molecule has 0 radical (unpaired) electrons. The minimum absolute atomic E-state index is 0.0160. The molecule has 0 heterocycles. The predicted molar refractivity (Wildman–Crippen MR) is 88.3 cm³/mol. The summed E-state index contributed by atoms with van der Waals surface area (Å²) in [5.74, 6) is 1.27. The Bertz CT molecular complexity index is 430. The van der Waals surface area contributed by atoms with Crippen LogP contribution in [-0.2, 0) is 0 Å². The van der Waals surface area contributed by atoms with Gasteiger partial charge in [0.2, 0.25) is 0 Å². The lowest BCUT2D eigenvalue weighted by Gasteiger charge is -2.29. The summed E-state index contributed by atoms with van der Waals surface area (Å²) in [7, 11) is 0. The maximum atomic E-state index is 12.2. The Balaban J connectivity index is 2.63. The lowest BCUT2D eigenvalue weighted by atomic mass is 9.84. The molecule has 0 aliphatic carbocycles. The molecule has 0 atom stereocenters. The SMILES string of the molecule is CCC(CC)(CCl)CNC(=O)c1ccc(OC(C)C)cc1. The lowest BCUT2D eigenvalue weighted by Crippen LogP contribution is -2.38. The molecule has 0 aromatic heterocycles. The van der Waals surface area contributed by atoms with Gasteiger partial charge in [-0.25, -0.2) is 0 Å². The van der Waals surface area contributed by atoms with Gasteiger partial charge in [0.15, 0.2) is 0 Å². The van der Waals surface area contributed by atoms with Gasteiger partial charge in [-0.1, -0.05) is 13.8 Å². The molecule has 3 nitrogen and oxygen atoms in total. The van der Waals surface area contributed by atoms with Crippen LogP contribution in [0.2, 0.25) is 0 Å². The molecule has 0 bridgehead atoms. The van der Waals surface area contributed by atoms with E-state index in [0.717, 1.165) is 18.6 Å². The quantitative estimate of drug-likeness (QED) is 0.729. The number of alkyl halides is 1. The number of rotatable bonds is 8. The number of nitrogens with one attached hydrogen (secondary N) is 1. The van der Waals surface area contributed by atoms with Gasteiger partial charge >= 0.3 is 0 Å². The van der Waals surface area contributed by atoms with E-state index in [4.69, 9.17) is 16.3 Å². The van der Waals surface area contributed by atoms with Crippen LogP contribution in [0.15, 0.2) is 24.3 Å². The van der Waals surface area contributed by atoms with Gasteiger partial charge in [0.1, 0.15) is 5.75 Å². The van der Waals surface area contributed by atoms with Crippen molar-refractivity contribution in [2.45, 2.75) is 46.6 Å². The van der Waals surface area contributed by atoms with E-state index in [0.29, 0.717) is 18.0 Å². The minimum atomic E-state index is -0.0671. The van der Waals surface area contributed by atoms with E-state index in [1.807, 2.05) is 26.0 Å². The number of carbonyl (C=O) groups excluding carboxylic acids is 1. The number of amides is 1.